The zero-order chi connectivity index (χ0) is 36.7. The molecule has 2 heteroatoms. The Morgan fingerprint density at radius 3 is 1.61 bits per heavy atom. The third kappa shape index (κ3) is 5.07. The van der Waals surface area contributed by atoms with Crippen LogP contribution in [-0.2, 0) is 12.8 Å². The predicted molar refractivity (Wildman–Crippen MR) is 243 cm³/mol. The molecule has 0 aliphatic carbocycles. The lowest BCUT2D eigenvalue weighted by molar-refractivity contribution is 0.672. The minimum absolute atomic E-state index is 0.961. The molecule has 0 aliphatic heterocycles. The van der Waals surface area contributed by atoms with E-state index in [0.29, 0.717) is 0 Å². The fraction of sp³-hybridized carbons (Fsp3) is 0.0370. The number of thiophene rings is 1. The Labute approximate surface area is 327 Å². The van der Waals surface area contributed by atoms with Crippen LogP contribution in [0.15, 0.2) is 174 Å². The molecular formula is C54H34OS. The summed E-state index contributed by atoms with van der Waals surface area (Å²) in [6.45, 7) is 0. The zero-order valence-corrected chi connectivity index (χ0v) is 31.4. The topological polar surface area (TPSA) is 13.1 Å². The standard InChI is InChI=1S/C54H34OS/c1-3-7-41-37(5-1)17-19-39-29-33(13-21-43(39)41)9-11-35-15-23-45-47-25-28-50-48(53(47)55-51(45)31-35)26-27-49-46-24-16-36(32-52(46)56-54(49)50)12-10-34-14-22-44-40(30-34)20-18-38-6-2-4-8-42(38)44/h1-8,10,12-32H,9,11H2/b12-10+. The Kier molecular flexibility index (Phi) is 6.99. The molecule has 0 unspecified atom stereocenters. The van der Waals surface area contributed by atoms with E-state index in [0.717, 1.165) is 24.0 Å². The average molecular weight is 731 g/mol. The molecule has 0 N–H and O–H groups in total. The van der Waals surface area contributed by atoms with Crippen molar-refractivity contribution in [3.8, 4) is 0 Å². The minimum atomic E-state index is 0.961. The van der Waals surface area contributed by atoms with Crippen LogP contribution in [0, 0.1) is 0 Å². The summed E-state index contributed by atoms with van der Waals surface area (Å²) in [5.74, 6) is 0. The molecule has 12 rings (SSSR count). The lowest BCUT2D eigenvalue weighted by atomic mass is 9.97. The van der Waals surface area contributed by atoms with Gasteiger partial charge in [0.15, 0.2) is 0 Å². The number of hydrogen-bond donors (Lipinski definition) is 0. The summed E-state index contributed by atoms with van der Waals surface area (Å²) < 4.78 is 9.33. The van der Waals surface area contributed by atoms with Crippen molar-refractivity contribution in [3.63, 3.8) is 0 Å². The normalized spacial score (nSPS) is 12.4. The SMILES string of the molecule is C(=C\c1ccc2c(c1)sc1c2ccc2c1ccc1c3ccc(CCc4ccc5c(ccc6ccccc65)c4)cc3oc12)/c1ccc2c(ccc3ccccc32)c1. The van der Waals surface area contributed by atoms with Crippen LogP contribution in [0.5, 0.6) is 0 Å². The second-order valence-corrected chi connectivity index (χ2v) is 16.3. The predicted octanol–water partition coefficient (Wildman–Crippen LogP) is 15.7. The molecule has 10 aromatic carbocycles. The number of fused-ring (bicyclic) bond motifs is 15. The molecule has 0 amide bonds. The maximum absolute atomic E-state index is 6.72. The van der Waals surface area contributed by atoms with Gasteiger partial charge in [-0.2, -0.15) is 0 Å². The zero-order valence-electron chi connectivity index (χ0n) is 30.6. The van der Waals surface area contributed by atoms with E-state index in [4.69, 9.17) is 4.42 Å². The quantitative estimate of drug-likeness (QED) is 0.127. The summed E-state index contributed by atoms with van der Waals surface area (Å²) in [5.41, 5.74) is 7.00. The Morgan fingerprint density at radius 1 is 0.375 bits per heavy atom. The number of hydrogen-bond acceptors (Lipinski definition) is 2. The fourth-order valence-electron chi connectivity index (χ4n) is 9.03. The lowest BCUT2D eigenvalue weighted by Gasteiger charge is -2.07. The molecule has 2 aromatic heterocycles. The van der Waals surface area contributed by atoms with Crippen molar-refractivity contribution in [2.75, 3.05) is 0 Å². The van der Waals surface area contributed by atoms with E-state index < -0.39 is 0 Å². The first-order valence-electron chi connectivity index (χ1n) is 19.4. The number of benzene rings is 10. The first-order valence-corrected chi connectivity index (χ1v) is 20.3. The van der Waals surface area contributed by atoms with Gasteiger partial charge in [-0.05, 0) is 109 Å². The van der Waals surface area contributed by atoms with Gasteiger partial charge in [-0.25, -0.2) is 0 Å². The second kappa shape index (κ2) is 12.4. The summed E-state index contributed by atoms with van der Waals surface area (Å²) in [7, 11) is 0. The van der Waals surface area contributed by atoms with Gasteiger partial charge in [0.05, 0.1) is 0 Å². The van der Waals surface area contributed by atoms with E-state index in [2.05, 4.69) is 182 Å². The molecule has 0 atom stereocenters. The molecule has 0 radical (unpaired) electrons. The van der Waals surface area contributed by atoms with Gasteiger partial charge >= 0.3 is 0 Å². The van der Waals surface area contributed by atoms with Crippen molar-refractivity contribution in [2.24, 2.45) is 0 Å². The smallest absolute Gasteiger partial charge is 0.143 e. The molecule has 0 spiro atoms. The summed E-state index contributed by atoms with van der Waals surface area (Å²) in [6, 6.07) is 62.6. The third-order valence-corrected chi connectivity index (χ3v) is 13.1. The summed E-state index contributed by atoms with van der Waals surface area (Å²) in [6.07, 6.45) is 6.42. The van der Waals surface area contributed by atoms with Crippen LogP contribution in [0.1, 0.15) is 22.3 Å². The highest BCUT2D eigenvalue weighted by Gasteiger charge is 2.15. The molecule has 262 valence electrons. The van der Waals surface area contributed by atoms with Crippen molar-refractivity contribution in [3.05, 3.63) is 192 Å². The van der Waals surface area contributed by atoms with Crippen molar-refractivity contribution in [1.82, 2.24) is 0 Å². The van der Waals surface area contributed by atoms with Gasteiger partial charge in [0.25, 0.3) is 0 Å². The lowest BCUT2D eigenvalue weighted by Crippen LogP contribution is -1.91. The van der Waals surface area contributed by atoms with Gasteiger partial charge in [0.2, 0.25) is 0 Å². The molecular weight excluding hydrogens is 697 g/mol. The highest BCUT2D eigenvalue weighted by Crippen LogP contribution is 2.43. The van der Waals surface area contributed by atoms with Crippen LogP contribution < -0.4 is 0 Å². The number of rotatable bonds is 5. The molecule has 0 aliphatic rings. The maximum Gasteiger partial charge on any atom is 0.143 e. The largest absolute Gasteiger partial charge is 0.455 e. The summed E-state index contributed by atoms with van der Waals surface area (Å²) >= 11 is 1.88. The number of aryl methyl sites for hydroxylation is 2. The van der Waals surface area contributed by atoms with E-state index in [-0.39, 0.29) is 0 Å². The number of furan rings is 1. The molecule has 12 aromatic rings. The molecule has 0 saturated heterocycles. The van der Waals surface area contributed by atoms with Crippen molar-refractivity contribution in [1.29, 1.82) is 0 Å². The van der Waals surface area contributed by atoms with Crippen LogP contribution in [0.2, 0.25) is 0 Å². The van der Waals surface area contributed by atoms with Gasteiger partial charge in [-0.1, -0.05) is 152 Å². The average Bonchev–Trinajstić information content (AvgIpc) is 3.82. The Morgan fingerprint density at radius 2 is 0.875 bits per heavy atom. The minimum Gasteiger partial charge on any atom is -0.455 e. The van der Waals surface area contributed by atoms with E-state index in [1.54, 1.807) is 0 Å². The van der Waals surface area contributed by atoms with E-state index in [1.807, 2.05) is 11.3 Å². The molecule has 2 heterocycles. The summed E-state index contributed by atoms with van der Waals surface area (Å²) in [5, 5.41) is 17.8. The van der Waals surface area contributed by atoms with Crippen molar-refractivity contribution >= 4 is 119 Å². The highest BCUT2D eigenvalue weighted by atomic mass is 32.1. The summed E-state index contributed by atoms with van der Waals surface area (Å²) in [4.78, 5) is 0. The van der Waals surface area contributed by atoms with Crippen LogP contribution in [0.3, 0.4) is 0 Å². The third-order valence-electron chi connectivity index (χ3n) is 11.9. The van der Waals surface area contributed by atoms with Crippen LogP contribution in [-0.4, -0.2) is 0 Å². The Balaban J connectivity index is 0.845. The Hall–Kier alpha value is -6.74. The maximum atomic E-state index is 6.72. The van der Waals surface area contributed by atoms with Gasteiger partial charge in [-0.3, -0.25) is 0 Å². The monoisotopic (exact) mass is 730 g/mol. The molecule has 56 heavy (non-hydrogen) atoms. The molecule has 1 nitrogen and oxygen atoms in total. The van der Waals surface area contributed by atoms with Crippen molar-refractivity contribution < 1.29 is 4.42 Å². The van der Waals surface area contributed by atoms with Gasteiger partial charge in [0, 0.05) is 41.7 Å². The molecule has 0 saturated carbocycles. The molecule has 0 bridgehead atoms. The first-order chi connectivity index (χ1) is 27.7. The van der Waals surface area contributed by atoms with Crippen LogP contribution in [0.25, 0.3) is 108 Å². The fourth-order valence-corrected chi connectivity index (χ4v) is 10.3. The first kappa shape index (κ1) is 31.6. The van der Waals surface area contributed by atoms with E-state index in [1.165, 1.54) is 107 Å². The van der Waals surface area contributed by atoms with Gasteiger partial charge < -0.3 is 4.42 Å². The molecule has 0 fully saturated rings. The Bertz CT molecular complexity index is 3600. The van der Waals surface area contributed by atoms with Gasteiger partial charge in [0.1, 0.15) is 11.2 Å². The van der Waals surface area contributed by atoms with E-state index >= 15 is 0 Å². The van der Waals surface area contributed by atoms with Crippen molar-refractivity contribution in [2.45, 2.75) is 12.8 Å². The van der Waals surface area contributed by atoms with E-state index in [9.17, 15) is 0 Å². The van der Waals surface area contributed by atoms with Gasteiger partial charge in [-0.15, -0.1) is 11.3 Å². The van der Waals surface area contributed by atoms with Crippen LogP contribution in [0.4, 0.5) is 0 Å². The highest BCUT2D eigenvalue weighted by molar-refractivity contribution is 7.26. The van der Waals surface area contributed by atoms with Crippen LogP contribution >= 0.6 is 11.3 Å². The second-order valence-electron chi connectivity index (χ2n) is 15.2.